The minimum Gasteiger partial charge on any atom is -0.494 e. The second kappa shape index (κ2) is 10.4. The van der Waals surface area contributed by atoms with Crippen molar-refractivity contribution in [3.8, 4) is 5.75 Å². The van der Waals surface area contributed by atoms with E-state index in [-0.39, 0.29) is 9.83 Å². The molecule has 3 aliphatic rings. The van der Waals surface area contributed by atoms with Gasteiger partial charge in [0.15, 0.2) is 0 Å². The third kappa shape index (κ3) is 5.64. The summed E-state index contributed by atoms with van der Waals surface area (Å²) in [6.07, 6.45) is 8.67. The first kappa shape index (κ1) is 21.4. The Kier molecular flexibility index (Phi) is 7.70. The van der Waals surface area contributed by atoms with Crippen molar-refractivity contribution in [1.29, 1.82) is 0 Å². The van der Waals surface area contributed by atoms with Gasteiger partial charge in [-0.15, -0.1) is 0 Å². The van der Waals surface area contributed by atoms with Gasteiger partial charge in [-0.05, 0) is 89.0 Å². The van der Waals surface area contributed by atoms with E-state index in [2.05, 4.69) is 44.5 Å². The molecule has 0 aliphatic carbocycles. The summed E-state index contributed by atoms with van der Waals surface area (Å²) in [5.74, 6) is 1.16. The Balaban J connectivity index is 1.29. The molecule has 0 radical (unpaired) electrons. The van der Waals surface area contributed by atoms with E-state index < -0.39 is 0 Å². The molecule has 29 heavy (non-hydrogen) atoms. The van der Waals surface area contributed by atoms with Crippen LogP contribution in [0.4, 0.5) is 5.69 Å². The van der Waals surface area contributed by atoms with Crippen LogP contribution in [0.25, 0.3) is 0 Å². The van der Waals surface area contributed by atoms with Crippen LogP contribution in [0.5, 0.6) is 5.75 Å². The third-order valence-corrected chi connectivity index (χ3v) is 7.51. The average molecular weight is 511 g/mol. The molecule has 6 heteroatoms. The van der Waals surface area contributed by atoms with Crippen LogP contribution >= 0.6 is 22.6 Å². The standard InChI is InChI=1S/C23H34IN3O2/c24-22-17-20(18-26-13-4-5-14-26)27(23(22)28)19-7-9-21(10-8-19)29-16-6-15-25-11-2-1-3-12-25/h7-10,20,22H,1-6,11-18H2/t20-,22?/m0/s1. The van der Waals surface area contributed by atoms with E-state index in [1.54, 1.807) is 0 Å². The SMILES string of the molecule is O=C1C(I)C[C@@H](CN2CCCC2)N1c1ccc(OCCCN2CCCCC2)cc1. The van der Waals surface area contributed by atoms with Gasteiger partial charge in [-0.25, -0.2) is 0 Å². The number of carbonyl (C=O) groups excluding carboxylic acids is 1. The first-order chi connectivity index (χ1) is 14.2. The number of alkyl halides is 1. The summed E-state index contributed by atoms with van der Waals surface area (Å²) in [7, 11) is 0. The number of anilines is 1. The van der Waals surface area contributed by atoms with E-state index in [0.717, 1.165) is 44.0 Å². The normalized spacial score (nSPS) is 26.4. The van der Waals surface area contributed by atoms with E-state index in [4.69, 9.17) is 4.74 Å². The second-order valence-corrected chi connectivity index (χ2v) is 10.2. The van der Waals surface area contributed by atoms with Crippen molar-refractivity contribution in [1.82, 2.24) is 9.80 Å². The molecule has 3 heterocycles. The lowest BCUT2D eigenvalue weighted by atomic mass is 10.1. The van der Waals surface area contributed by atoms with Crippen molar-refractivity contribution in [3.63, 3.8) is 0 Å². The Hall–Kier alpha value is -0.860. The Morgan fingerprint density at radius 1 is 0.931 bits per heavy atom. The molecule has 1 amide bonds. The number of rotatable bonds is 8. The smallest absolute Gasteiger partial charge is 0.240 e. The van der Waals surface area contributed by atoms with Crippen molar-refractivity contribution < 1.29 is 9.53 Å². The van der Waals surface area contributed by atoms with Gasteiger partial charge >= 0.3 is 0 Å². The first-order valence-corrected chi connectivity index (χ1v) is 12.6. The predicted octanol–water partition coefficient (Wildman–Crippen LogP) is 3.95. The zero-order valence-electron chi connectivity index (χ0n) is 17.4. The van der Waals surface area contributed by atoms with Crippen LogP contribution in [-0.2, 0) is 4.79 Å². The highest BCUT2D eigenvalue weighted by atomic mass is 127. The summed E-state index contributed by atoms with van der Waals surface area (Å²) in [5.41, 5.74) is 1.01. The number of amides is 1. The Labute approximate surface area is 188 Å². The maximum atomic E-state index is 12.8. The van der Waals surface area contributed by atoms with Crippen LogP contribution in [0, 0.1) is 0 Å². The van der Waals surface area contributed by atoms with Crippen molar-refractivity contribution in [2.45, 2.75) is 54.9 Å². The van der Waals surface area contributed by atoms with E-state index >= 15 is 0 Å². The van der Waals surface area contributed by atoms with Gasteiger partial charge in [-0.2, -0.15) is 0 Å². The molecule has 0 aromatic heterocycles. The minimum absolute atomic E-state index is 0.0888. The second-order valence-electron chi connectivity index (χ2n) is 8.67. The molecule has 1 unspecified atom stereocenters. The Morgan fingerprint density at radius 3 is 2.31 bits per heavy atom. The van der Waals surface area contributed by atoms with Crippen LogP contribution in [0.3, 0.4) is 0 Å². The Bertz CT molecular complexity index is 657. The quantitative estimate of drug-likeness (QED) is 0.301. The topological polar surface area (TPSA) is 36.0 Å². The summed E-state index contributed by atoms with van der Waals surface area (Å²) in [4.78, 5) is 19.9. The Morgan fingerprint density at radius 2 is 1.59 bits per heavy atom. The van der Waals surface area contributed by atoms with Crippen LogP contribution in [-0.4, -0.2) is 71.5 Å². The van der Waals surface area contributed by atoms with Crippen LogP contribution < -0.4 is 9.64 Å². The fourth-order valence-electron chi connectivity index (χ4n) is 4.90. The summed E-state index contributed by atoms with van der Waals surface area (Å²) >= 11 is 2.31. The lowest BCUT2D eigenvalue weighted by molar-refractivity contribution is -0.116. The fraction of sp³-hybridized carbons (Fsp3) is 0.696. The van der Waals surface area contributed by atoms with Crippen molar-refractivity contribution in [3.05, 3.63) is 24.3 Å². The molecule has 5 nitrogen and oxygen atoms in total. The molecule has 0 N–H and O–H groups in total. The number of hydrogen-bond donors (Lipinski definition) is 0. The monoisotopic (exact) mass is 511 g/mol. The van der Waals surface area contributed by atoms with E-state index in [9.17, 15) is 4.79 Å². The molecule has 4 rings (SSSR count). The van der Waals surface area contributed by atoms with Crippen LogP contribution in [0.15, 0.2) is 24.3 Å². The highest BCUT2D eigenvalue weighted by molar-refractivity contribution is 14.1. The zero-order valence-corrected chi connectivity index (χ0v) is 19.6. The molecular formula is C23H34IN3O2. The largest absolute Gasteiger partial charge is 0.494 e. The van der Waals surface area contributed by atoms with E-state index in [0.29, 0.717) is 6.04 Å². The number of hydrogen-bond acceptors (Lipinski definition) is 4. The number of halogens is 1. The van der Waals surface area contributed by atoms with Crippen LogP contribution in [0.2, 0.25) is 0 Å². The van der Waals surface area contributed by atoms with Gasteiger partial charge in [0, 0.05) is 18.8 Å². The maximum absolute atomic E-state index is 12.8. The summed E-state index contributed by atoms with van der Waals surface area (Å²) in [6, 6.07) is 8.46. The lowest BCUT2D eigenvalue weighted by Gasteiger charge is -2.28. The van der Waals surface area contributed by atoms with Gasteiger partial charge in [0.25, 0.3) is 0 Å². The number of ether oxygens (including phenoxy) is 1. The molecule has 0 saturated carbocycles. The summed E-state index contributed by atoms with van der Waals surface area (Å²) in [6.45, 7) is 7.73. The van der Waals surface area contributed by atoms with Crippen molar-refractivity contribution in [2.75, 3.05) is 50.8 Å². The average Bonchev–Trinajstić information content (AvgIpc) is 3.35. The first-order valence-electron chi connectivity index (χ1n) is 11.4. The molecular weight excluding hydrogens is 477 g/mol. The number of likely N-dealkylation sites (tertiary alicyclic amines) is 2. The molecule has 1 aromatic carbocycles. The van der Waals surface area contributed by atoms with Gasteiger partial charge in [-0.1, -0.05) is 29.0 Å². The molecule has 0 bridgehead atoms. The number of benzene rings is 1. The minimum atomic E-state index is 0.0888. The van der Waals surface area contributed by atoms with Crippen molar-refractivity contribution >= 4 is 34.2 Å². The zero-order chi connectivity index (χ0) is 20.1. The number of nitrogens with zero attached hydrogens (tertiary/aromatic N) is 3. The number of carbonyl (C=O) groups is 1. The molecule has 2 atom stereocenters. The van der Waals surface area contributed by atoms with Crippen molar-refractivity contribution in [2.24, 2.45) is 0 Å². The molecule has 3 aliphatic heterocycles. The van der Waals surface area contributed by atoms with Gasteiger partial charge < -0.3 is 19.4 Å². The van der Waals surface area contributed by atoms with Gasteiger partial charge in [0.1, 0.15) is 5.75 Å². The molecule has 0 spiro atoms. The van der Waals surface area contributed by atoms with E-state index in [1.165, 1.54) is 58.3 Å². The molecule has 3 fully saturated rings. The van der Waals surface area contributed by atoms with Gasteiger partial charge in [0.05, 0.1) is 16.6 Å². The van der Waals surface area contributed by atoms with Gasteiger partial charge in [0.2, 0.25) is 5.91 Å². The molecule has 1 aromatic rings. The predicted molar refractivity (Wildman–Crippen MR) is 126 cm³/mol. The fourth-order valence-corrected chi connectivity index (χ4v) is 5.78. The number of piperidine rings is 1. The third-order valence-electron chi connectivity index (χ3n) is 6.47. The summed E-state index contributed by atoms with van der Waals surface area (Å²) in [5, 5.41) is 0. The highest BCUT2D eigenvalue weighted by Gasteiger charge is 2.39. The highest BCUT2D eigenvalue weighted by Crippen LogP contribution is 2.32. The van der Waals surface area contributed by atoms with Crippen LogP contribution in [0.1, 0.15) is 44.9 Å². The maximum Gasteiger partial charge on any atom is 0.240 e. The molecule has 3 saturated heterocycles. The summed E-state index contributed by atoms with van der Waals surface area (Å²) < 4.78 is 6.05. The van der Waals surface area contributed by atoms with Gasteiger partial charge in [-0.3, -0.25) is 4.79 Å². The lowest BCUT2D eigenvalue weighted by Crippen LogP contribution is -2.41. The molecule has 160 valence electrons. The van der Waals surface area contributed by atoms with E-state index in [1.807, 2.05) is 17.0 Å².